The SMILES string of the molecule is O=C(CCC(=O)N1CCN(c2cccc(Cl)c2)CC1)Nc1nnc(C2CC2)s1. The molecule has 1 N–H and O–H groups in total. The Balaban J connectivity index is 1.20. The van der Waals surface area contributed by atoms with Crippen molar-refractivity contribution < 1.29 is 9.59 Å². The number of carbonyl (C=O) groups is 2. The number of piperazine rings is 1. The summed E-state index contributed by atoms with van der Waals surface area (Å²) in [4.78, 5) is 28.6. The summed E-state index contributed by atoms with van der Waals surface area (Å²) >= 11 is 7.48. The fourth-order valence-corrected chi connectivity index (χ4v) is 4.34. The summed E-state index contributed by atoms with van der Waals surface area (Å²) in [7, 11) is 0. The number of hydrogen-bond donors (Lipinski definition) is 1. The largest absolute Gasteiger partial charge is 0.368 e. The van der Waals surface area contributed by atoms with Gasteiger partial charge in [0, 0.05) is 55.6 Å². The number of aromatic nitrogens is 2. The number of amides is 2. The molecule has 1 saturated heterocycles. The molecule has 0 atom stereocenters. The van der Waals surface area contributed by atoms with Gasteiger partial charge in [-0.2, -0.15) is 0 Å². The lowest BCUT2D eigenvalue weighted by atomic mass is 10.2. The molecule has 1 aromatic heterocycles. The van der Waals surface area contributed by atoms with Crippen LogP contribution in [0.15, 0.2) is 24.3 Å². The lowest BCUT2D eigenvalue weighted by Crippen LogP contribution is -2.48. The molecule has 4 rings (SSSR count). The van der Waals surface area contributed by atoms with E-state index in [0.717, 1.165) is 36.6 Å². The minimum atomic E-state index is -0.190. The molecule has 2 fully saturated rings. The van der Waals surface area contributed by atoms with Crippen molar-refractivity contribution in [3.05, 3.63) is 34.3 Å². The van der Waals surface area contributed by atoms with Crippen LogP contribution in [-0.4, -0.2) is 53.1 Å². The van der Waals surface area contributed by atoms with Crippen LogP contribution in [0.5, 0.6) is 0 Å². The van der Waals surface area contributed by atoms with E-state index in [9.17, 15) is 9.59 Å². The van der Waals surface area contributed by atoms with Crippen molar-refractivity contribution in [2.75, 3.05) is 36.4 Å². The van der Waals surface area contributed by atoms with E-state index >= 15 is 0 Å². The van der Waals surface area contributed by atoms with Gasteiger partial charge in [-0.05, 0) is 31.0 Å². The molecule has 0 radical (unpaired) electrons. The van der Waals surface area contributed by atoms with E-state index in [2.05, 4.69) is 20.4 Å². The highest BCUT2D eigenvalue weighted by Gasteiger charge is 2.28. The molecule has 1 aliphatic heterocycles. The number of halogens is 1. The highest BCUT2D eigenvalue weighted by molar-refractivity contribution is 7.15. The van der Waals surface area contributed by atoms with Crippen LogP contribution in [0.2, 0.25) is 5.02 Å². The number of nitrogens with one attached hydrogen (secondary N) is 1. The highest BCUT2D eigenvalue weighted by Crippen LogP contribution is 2.42. The number of rotatable bonds is 6. The molecule has 2 amide bonds. The molecule has 148 valence electrons. The Morgan fingerprint density at radius 2 is 1.93 bits per heavy atom. The fraction of sp³-hybridized carbons (Fsp3) is 0.474. The lowest BCUT2D eigenvalue weighted by molar-refractivity contribution is -0.133. The Morgan fingerprint density at radius 3 is 2.64 bits per heavy atom. The van der Waals surface area contributed by atoms with Crippen LogP contribution >= 0.6 is 22.9 Å². The first kappa shape index (κ1) is 19.1. The number of nitrogens with zero attached hydrogens (tertiary/aromatic N) is 4. The molecule has 28 heavy (non-hydrogen) atoms. The summed E-state index contributed by atoms with van der Waals surface area (Å²) in [6, 6.07) is 7.74. The second-order valence-electron chi connectivity index (χ2n) is 7.12. The zero-order valence-electron chi connectivity index (χ0n) is 15.4. The maximum Gasteiger partial charge on any atom is 0.226 e. The number of hydrogen-bond acceptors (Lipinski definition) is 6. The van der Waals surface area contributed by atoms with E-state index in [1.54, 1.807) is 0 Å². The van der Waals surface area contributed by atoms with Crippen molar-refractivity contribution in [2.24, 2.45) is 0 Å². The lowest BCUT2D eigenvalue weighted by Gasteiger charge is -2.36. The third-order valence-electron chi connectivity index (χ3n) is 4.99. The van der Waals surface area contributed by atoms with Gasteiger partial charge in [0.25, 0.3) is 0 Å². The van der Waals surface area contributed by atoms with E-state index in [-0.39, 0.29) is 24.7 Å². The van der Waals surface area contributed by atoms with Gasteiger partial charge in [0.15, 0.2) is 0 Å². The first-order chi connectivity index (χ1) is 13.6. The van der Waals surface area contributed by atoms with Crippen molar-refractivity contribution in [3.8, 4) is 0 Å². The maximum atomic E-state index is 12.4. The zero-order valence-corrected chi connectivity index (χ0v) is 17.0. The quantitative estimate of drug-likeness (QED) is 0.778. The Morgan fingerprint density at radius 1 is 1.14 bits per heavy atom. The zero-order chi connectivity index (χ0) is 19.5. The van der Waals surface area contributed by atoms with Crippen LogP contribution in [0.25, 0.3) is 0 Å². The number of anilines is 2. The van der Waals surface area contributed by atoms with Gasteiger partial charge in [-0.25, -0.2) is 0 Å². The van der Waals surface area contributed by atoms with Gasteiger partial charge in [-0.3, -0.25) is 9.59 Å². The van der Waals surface area contributed by atoms with Gasteiger partial charge < -0.3 is 15.1 Å². The minimum absolute atomic E-state index is 0.0110. The average molecular weight is 420 g/mol. The van der Waals surface area contributed by atoms with Crippen LogP contribution in [0.4, 0.5) is 10.8 Å². The average Bonchev–Trinajstić information content (AvgIpc) is 3.46. The van der Waals surface area contributed by atoms with E-state index in [1.165, 1.54) is 11.3 Å². The number of benzene rings is 1. The Bertz CT molecular complexity index is 862. The van der Waals surface area contributed by atoms with E-state index in [1.807, 2.05) is 29.2 Å². The van der Waals surface area contributed by atoms with Gasteiger partial charge in [-0.1, -0.05) is 29.0 Å². The molecule has 1 aliphatic carbocycles. The van der Waals surface area contributed by atoms with E-state index in [4.69, 9.17) is 11.6 Å². The van der Waals surface area contributed by atoms with Gasteiger partial charge >= 0.3 is 0 Å². The molecule has 1 aromatic carbocycles. The Hall–Kier alpha value is -2.19. The summed E-state index contributed by atoms with van der Waals surface area (Å²) in [5.74, 6) is 0.344. The van der Waals surface area contributed by atoms with Crippen LogP contribution in [0, 0.1) is 0 Å². The molecular weight excluding hydrogens is 398 g/mol. The third-order valence-corrected chi connectivity index (χ3v) is 6.22. The smallest absolute Gasteiger partial charge is 0.226 e. The van der Waals surface area contributed by atoms with Crippen LogP contribution in [-0.2, 0) is 9.59 Å². The normalized spacial score (nSPS) is 16.9. The first-order valence-corrected chi connectivity index (χ1v) is 10.7. The fourth-order valence-electron chi connectivity index (χ4n) is 3.23. The second-order valence-corrected chi connectivity index (χ2v) is 8.56. The minimum Gasteiger partial charge on any atom is -0.368 e. The molecular formula is C19H22ClN5O2S. The van der Waals surface area contributed by atoms with Gasteiger partial charge in [0.2, 0.25) is 16.9 Å². The van der Waals surface area contributed by atoms with E-state index in [0.29, 0.717) is 29.2 Å². The van der Waals surface area contributed by atoms with Crippen LogP contribution in [0.3, 0.4) is 0 Å². The summed E-state index contributed by atoms with van der Waals surface area (Å²) in [5.41, 5.74) is 1.07. The summed E-state index contributed by atoms with van der Waals surface area (Å²) in [6.45, 7) is 2.81. The molecule has 0 spiro atoms. The summed E-state index contributed by atoms with van der Waals surface area (Å²) in [6.07, 6.45) is 2.67. The second kappa shape index (κ2) is 8.45. The molecule has 1 saturated carbocycles. The molecule has 2 heterocycles. The Kier molecular flexibility index (Phi) is 5.77. The summed E-state index contributed by atoms with van der Waals surface area (Å²) in [5, 5.41) is 13.1. The highest BCUT2D eigenvalue weighted by atomic mass is 35.5. The van der Waals surface area contributed by atoms with Crippen molar-refractivity contribution in [1.82, 2.24) is 15.1 Å². The monoisotopic (exact) mass is 419 g/mol. The number of carbonyl (C=O) groups excluding carboxylic acids is 2. The predicted molar refractivity (Wildman–Crippen MR) is 110 cm³/mol. The van der Waals surface area contributed by atoms with Crippen molar-refractivity contribution in [2.45, 2.75) is 31.6 Å². The topological polar surface area (TPSA) is 78.4 Å². The van der Waals surface area contributed by atoms with Crippen LogP contribution < -0.4 is 10.2 Å². The van der Waals surface area contributed by atoms with Crippen molar-refractivity contribution >= 4 is 45.6 Å². The molecule has 2 aliphatic rings. The van der Waals surface area contributed by atoms with E-state index < -0.39 is 0 Å². The van der Waals surface area contributed by atoms with Gasteiger partial charge in [0.05, 0.1) is 0 Å². The van der Waals surface area contributed by atoms with Gasteiger partial charge in [0.1, 0.15) is 5.01 Å². The molecule has 7 nitrogen and oxygen atoms in total. The van der Waals surface area contributed by atoms with Crippen molar-refractivity contribution in [1.29, 1.82) is 0 Å². The molecule has 2 aromatic rings. The summed E-state index contributed by atoms with van der Waals surface area (Å²) < 4.78 is 0. The third kappa shape index (κ3) is 4.80. The standard InChI is InChI=1S/C19H22ClN5O2S/c20-14-2-1-3-15(12-14)24-8-10-25(11-9-24)17(27)7-6-16(26)21-19-23-22-18(28-19)13-4-5-13/h1-3,12-13H,4-11H2,(H,21,23,26). The Labute approximate surface area is 172 Å². The molecule has 0 bridgehead atoms. The van der Waals surface area contributed by atoms with Gasteiger partial charge in [-0.15, -0.1) is 10.2 Å². The first-order valence-electron chi connectivity index (χ1n) is 9.50. The van der Waals surface area contributed by atoms with Crippen molar-refractivity contribution in [3.63, 3.8) is 0 Å². The molecule has 9 heteroatoms. The maximum absolute atomic E-state index is 12.4. The molecule has 0 unspecified atom stereocenters. The van der Waals surface area contributed by atoms with Crippen LogP contribution in [0.1, 0.15) is 36.6 Å². The predicted octanol–water partition coefficient (Wildman–Crippen LogP) is 3.14.